The Morgan fingerprint density at radius 3 is 3.38 bits per heavy atom. The lowest BCUT2D eigenvalue weighted by Crippen LogP contribution is -2.08. The van der Waals surface area contributed by atoms with E-state index in [4.69, 9.17) is 0 Å². The van der Waals surface area contributed by atoms with E-state index < -0.39 is 0 Å². The molecule has 1 fully saturated rings. The van der Waals surface area contributed by atoms with Crippen molar-refractivity contribution in [2.75, 3.05) is 13.1 Å². The molecule has 0 saturated carbocycles. The lowest BCUT2D eigenvalue weighted by molar-refractivity contribution is 0.534. The van der Waals surface area contributed by atoms with Crippen LogP contribution >= 0.6 is 0 Å². The minimum atomic E-state index is 0. The average Bonchev–Trinajstić information content (AvgIpc) is 2.15. The molecule has 1 aliphatic carbocycles. The van der Waals surface area contributed by atoms with Crippen LogP contribution in [0.2, 0.25) is 0 Å². The van der Waals surface area contributed by atoms with Crippen LogP contribution in [0.3, 0.4) is 0 Å². The maximum Gasteiger partial charge on any atom is 0.00175 e. The maximum absolute atomic E-state index is 3.37. The summed E-state index contributed by atoms with van der Waals surface area (Å²) in [6, 6.07) is 0. The Balaban J connectivity index is 0.000000405. The summed E-state index contributed by atoms with van der Waals surface area (Å²) < 4.78 is 0. The molecule has 0 bridgehead atoms. The van der Waals surface area contributed by atoms with E-state index in [0.29, 0.717) is 0 Å². The zero-order chi connectivity index (χ0) is 5.40. The smallest absolute Gasteiger partial charge is 0.00175 e. The molecule has 1 aliphatic heterocycles. The van der Waals surface area contributed by atoms with E-state index in [1.807, 2.05) is 0 Å². The minimum absolute atomic E-state index is 0. The van der Waals surface area contributed by atoms with Crippen molar-refractivity contribution in [2.24, 2.45) is 11.8 Å². The normalized spacial score (nSPS) is 43.0. The van der Waals surface area contributed by atoms with E-state index in [1.54, 1.807) is 0 Å². The van der Waals surface area contributed by atoms with Gasteiger partial charge in [0.2, 0.25) is 0 Å². The van der Waals surface area contributed by atoms with Gasteiger partial charge >= 0.3 is 0 Å². The zero-order valence-corrected chi connectivity index (χ0v) is 4.93. The van der Waals surface area contributed by atoms with Crippen molar-refractivity contribution in [3.63, 3.8) is 0 Å². The lowest BCUT2D eigenvalue weighted by atomic mass is 10.0. The first-order valence-corrected chi connectivity index (χ1v) is 3.34. The van der Waals surface area contributed by atoms with Gasteiger partial charge in [0, 0.05) is 7.97 Å². The molecule has 0 spiro atoms. The maximum atomic E-state index is 3.37. The topological polar surface area (TPSA) is 12.0 Å². The molecule has 0 aromatic rings. The molecule has 2 rings (SSSR count). The third-order valence-corrected chi connectivity index (χ3v) is 2.21. The monoisotopic (exact) mass is 111 g/mol. The van der Waals surface area contributed by atoms with E-state index in [9.17, 15) is 0 Å². The Bertz CT molecular complexity index is 122. The van der Waals surface area contributed by atoms with Gasteiger partial charge in [-0.15, -0.1) is 0 Å². The third kappa shape index (κ3) is 0.511. The molecule has 1 heteroatoms. The van der Waals surface area contributed by atoms with Gasteiger partial charge in [0.15, 0.2) is 0 Å². The minimum Gasteiger partial charge on any atom is -0.316 e. The van der Waals surface area contributed by atoms with Gasteiger partial charge in [-0.1, -0.05) is 12.2 Å². The molecule has 0 aromatic carbocycles. The molecular weight excluding hydrogens is 98.1 g/mol. The first-order chi connectivity index (χ1) is 3.97. The van der Waals surface area contributed by atoms with Crippen molar-refractivity contribution >= 4 is 0 Å². The van der Waals surface area contributed by atoms with Crippen LogP contribution in [0.15, 0.2) is 12.2 Å². The summed E-state index contributed by atoms with van der Waals surface area (Å²) in [6.07, 6.45) is 5.98. The predicted octanol–water partition coefficient (Wildman–Crippen LogP) is 1.03. The third-order valence-electron chi connectivity index (χ3n) is 2.21. The van der Waals surface area contributed by atoms with Crippen molar-refractivity contribution in [3.8, 4) is 0 Å². The quantitative estimate of drug-likeness (QED) is 0.460. The van der Waals surface area contributed by atoms with E-state index in [1.165, 1.54) is 19.5 Å². The average molecular weight is 111 g/mol. The number of rotatable bonds is 0. The van der Waals surface area contributed by atoms with Gasteiger partial charge in [-0.3, -0.25) is 0 Å². The van der Waals surface area contributed by atoms with Crippen LogP contribution in [0.4, 0.5) is 0 Å². The van der Waals surface area contributed by atoms with Crippen molar-refractivity contribution in [2.45, 2.75) is 6.42 Å². The van der Waals surface area contributed by atoms with Crippen LogP contribution in [-0.2, 0) is 0 Å². The highest BCUT2D eigenvalue weighted by Crippen LogP contribution is 2.27. The summed E-state index contributed by atoms with van der Waals surface area (Å²) in [4.78, 5) is 0. The Kier molecular flexibility index (Phi) is 0.908. The van der Waals surface area contributed by atoms with Gasteiger partial charge < -0.3 is 5.32 Å². The predicted molar refractivity (Wildman–Crippen MR) is 35.7 cm³/mol. The van der Waals surface area contributed by atoms with Crippen LogP contribution in [0, 0.1) is 11.8 Å². The van der Waals surface area contributed by atoms with E-state index in [-0.39, 0.29) is 1.43 Å². The Hall–Kier alpha value is -0.300. The standard InChI is InChI=1S/C7H11N.H2/c1-2-6-4-8-5-7(6)3-1;/h1-2,6-8H,3-5H2;1H. The number of hydrogen-bond acceptors (Lipinski definition) is 1. The Labute approximate surface area is 51.3 Å². The molecule has 2 atom stereocenters. The molecule has 2 aliphatic rings. The molecule has 0 aromatic heterocycles. The van der Waals surface area contributed by atoms with Gasteiger partial charge in [0.1, 0.15) is 0 Å². The molecule has 8 heavy (non-hydrogen) atoms. The van der Waals surface area contributed by atoms with Gasteiger partial charge in [0.05, 0.1) is 0 Å². The summed E-state index contributed by atoms with van der Waals surface area (Å²) in [5.41, 5.74) is 0. The molecule has 1 heterocycles. The second-order valence-electron chi connectivity index (χ2n) is 2.75. The highest BCUT2D eigenvalue weighted by molar-refractivity contribution is 5.05. The fraction of sp³-hybridized carbons (Fsp3) is 0.714. The summed E-state index contributed by atoms with van der Waals surface area (Å²) >= 11 is 0. The molecular formula is C7H13N. The van der Waals surface area contributed by atoms with E-state index in [2.05, 4.69) is 17.5 Å². The van der Waals surface area contributed by atoms with Gasteiger partial charge in [-0.2, -0.15) is 0 Å². The number of hydrogen-bond donors (Lipinski definition) is 1. The van der Waals surface area contributed by atoms with Gasteiger partial charge in [0.25, 0.3) is 0 Å². The molecule has 2 unspecified atom stereocenters. The highest BCUT2D eigenvalue weighted by Gasteiger charge is 2.26. The largest absolute Gasteiger partial charge is 0.316 e. The van der Waals surface area contributed by atoms with Crippen molar-refractivity contribution in [1.82, 2.24) is 5.32 Å². The molecule has 1 saturated heterocycles. The van der Waals surface area contributed by atoms with Crippen LogP contribution in [0.1, 0.15) is 7.85 Å². The SMILES string of the molecule is C1=CC2CNCC2C1.[HH]. The Morgan fingerprint density at radius 2 is 2.50 bits per heavy atom. The lowest BCUT2D eigenvalue weighted by Gasteiger charge is -2.02. The number of fused-ring (bicyclic) bond motifs is 1. The number of nitrogens with one attached hydrogen (secondary N) is 1. The van der Waals surface area contributed by atoms with Crippen molar-refractivity contribution in [1.29, 1.82) is 0 Å². The second-order valence-corrected chi connectivity index (χ2v) is 2.75. The van der Waals surface area contributed by atoms with Crippen LogP contribution in [-0.4, -0.2) is 13.1 Å². The molecule has 1 nitrogen and oxygen atoms in total. The van der Waals surface area contributed by atoms with Gasteiger partial charge in [-0.05, 0) is 24.8 Å². The Morgan fingerprint density at radius 1 is 1.50 bits per heavy atom. The zero-order valence-electron chi connectivity index (χ0n) is 4.93. The molecule has 1 N–H and O–H groups in total. The highest BCUT2D eigenvalue weighted by atomic mass is 14.9. The van der Waals surface area contributed by atoms with Crippen LogP contribution in [0.25, 0.3) is 0 Å². The van der Waals surface area contributed by atoms with Crippen molar-refractivity contribution in [3.05, 3.63) is 12.2 Å². The van der Waals surface area contributed by atoms with E-state index >= 15 is 0 Å². The first-order valence-electron chi connectivity index (χ1n) is 3.34. The fourth-order valence-electron chi connectivity index (χ4n) is 1.66. The summed E-state index contributed by atoms with van der Waals surface area (Å²) in [5.74, 6) is 1.84. The van der Waals surface area contributed by atoms with Crippen LogP contribution < -0.4 is 5.32 Å². The summed E-state index contributed by atoms with van der Waals surface area (Å²) in [7, 11) is 0. The molecule has 46 valence electrons. The fourth-order valence-corrected chi connectivity index (χ4v) is 1.66. The van der Waals surface area contributed by atoms with E-state index in [0.717, 1.165) is 11.8 Å². The van der Waals surface area contributed by atoms with Gasteiger partial charge in [-0.25, -0.2) is 0 Å². The molecule has 0 radical (unpaired) electrons. The summed E-state index contributed by atoms with van der Waals surface area (Å²) in [6.45, 7) is 2.47. The molecule has 0 amide bonds. The number of allylic oxidation sites excluding steroid dienone is 1. The van der Waals surface area contributed by atoms with Crippen LogP contribution in [0.5, 0.6) is 0 Å². The van der Waals surface area contributed by atoms with Crippen molar-refractivity contribution < 1.29 is 1.43 Å². The summed E-state index contributed by atoms with van der Waals surface area (Å²) in [5, 5.41) is 3.37. The first kappa shape index (κ1) is 4.57. The second kappa shape index (κ2) is 1.59.